The van der Waals surface area contributed by atoms with Gasteiger partial charge in [-0.15, -0.1) is 5.10 Å². The zero-order chi connectivity index (χ0) is 20.1. The average molecular weight is 381 g/mol. The molecule has 4 heterocycles. The fourth-order valence-electron chi connectivity index (χ4n) is 3.40. The average Bonchev–Trinajstić information content (AvgIpc) is 3.18. The molecule has 0 saturated heterocycles. The van der Waals surface area contributed by atoms with E-state index in [-0.39, 0.29) is 6.54 Å². The van der Waals surface area contributed by atoms with E-state index in [0.717, 1.165) is 33.6 Å². The molecule has 0 aromatic carbocycles. The molecule has 0 aliphatic carbocycles. The molecule has 4 aromatic rings. The minimum Gasteiger partial charge on any atom is -0.350 e. The van der Waals surface area contributed by atoms with E-state index in [2.05, 4.69) is 49.8 Å². The van der Waals surface area contributed by atoms with Crippen LogP contribution in [0.5, 0.6) is 0 Å². The molecule has 28 heavy (non-hydrogen) atoms. The Morgan fingerprint density at radius 2 is 1.96 bits per heavy atom. The lowest BCUT2D eigenvalue weighted by Crippen LogP contribution is -2.25. The highest BCUT2D eigenvalue weighted by Crippen LogP contribution is 2.29. The Hall–Kier alpha value is -3.03. The number of alkyl halides is 1. The second-order valence-electron chi connectivity index (χ2n) is 7.90. The van der Waals surface area contributed by atoms with Crippen molar-refractivity contribution < 1.29 is 4.39 Å². The molecular formula is C20H24FN7. The highest BCUT2D eigenvalue weighted by Gasteiger charge is 2.17. The van der Waals surface area contributed by atoms with Crippen LogP contribution in [-0.4, -0.2) is 41.3 Å². The monoisotopic (exact) mass is 381 g/mol. The van der Waals surface area contributed by atoms with E-state index < -0.39 is 5.67 Å². The molecule has 0 saturated carbocycles. The van der Waals surface area contributed by atoms with Crippen molar-refractivity contribution in [3.63, 3.8) is 0 Å². The topological polar surface area (TPSA) is 72.9 Å². The number of rotatable bonds is 5. The molecule has 1 N–H and O–H groups in total. The molecule has 4 aromatic heterocycles. The quantitative estimate of drug-likeness (QED) is 0.561. The summed E-state index contributed by atoms with van der Waals surface area (Å²) >= 11 is 0. The van der Waals surface area contributed by atoms with Crippen LogP contribution in [0.25, 0.3) is 27.8 Å². The number of aromatic nitrogens is 6. The number of fused-ring (bicyclic) bond motifs is 2. The van der Waals surface area contributed by atoms with Crippen LogP contribution in [0.3, 0.4) is 0 Å². The molecule has 0 bridgehead atoms. The fraction of sp³-hybridized carbons (Fsp3) is 0.400. The second-order valence-corrected chi connectivity index (χ2v) is 7.90. The van der Waals surface area contributed by atoms with Crippen molar-refractivity contribution >= 4 is 22.6 Å². The fourth-order valence-corrected chi connectivity index (χ4v) is 3.40. The highest BCUT2D eigenvalue weighted by atomic mass is 19.1. The van der Waals surface area contributed by atoms with Crippen LogP contribution in [-0.2, 0) is 0 Å². The Morgan fingerprint density at radius 1 is 1.18 bits per heavy atom. The maximum absolute atomic E-state index is 13.7. The summed E-state index contributed by atoms with van der Waals surface area (Å²) in [6.45, 7) is 9.44. The predicted octanol–water partition coefficient (Wildman–Crippen LogP) is 4.19. The van der Waals surface area contributed by atoms with Crippen LogP contribution < -0.4 is 5.32 Å². The molecular weight excluding hydrogens is 357 g/mol. The molecule has 7 nitrogen and oxygen atoms in total. The van der Waals surface area contributed by atoms with Crippen LogP contribution in [0.15, 0.2) is 30.7 Å². The Kier molecular flexibility index (Phi) is 4.28. The second kappa shape index (κ2) is 6.54. The molecule has 8 heteroatoms. The largest absolute Gasteiger partial charge is 0.350 e. The third-order valence-corrected chi connectivity index (χ3v) is 4.63. The molecule has 0 fully saturated rings. The molecule has 0 aliphatic rings. The van der Waals surface area contributed by atoms with Gasteiger partial charge in [0.05, 0.1) is 23.8 Å². The maximum atomic E-state index is 13.7. The standard InChI is InChI=1S/C20H24FN7/c1-12(2)28-13(3)25-18-16(28)8-14(9-22-18)15-6-7-27-17(15)10-23-19(26-27)24-11-20(4,5)21/h6-10,12H,11H2,1-5H3,(H,24,26). The summed E-state index contributed by atoms with van der Waals surface area (Å²) in [6, 6.07) is 4.39. The van der Waals surface area contributed by atoms with E-state index in [0.29, 0.717) is 12.0 Å². The number of nitrogens with one attached hydrogen (secondary N) is 1. The first kappa shape index (κ1) is 18.3. The molecule has 4 rings (SSSR count). The SMILES string of the molecule is Cc1nc2ncc(-c3ccn4nc(NCC(C)(C)F)ncc34)cc2n1C(C)C. The van der Waals surface area contributed by atoms with Crippen molar-refractivity contribution in [2.75, 3.05) is 11.9 Å². The van der Waals surface area contributed by atoms with Crippen LogP contribution in [0.4, 0.5) is 10.3 Å². The van der Waals surface area contributed by atoms with Gasteiger partial charge in [-0.3, -0.25) is 0 Å². The van der Waals surface area contributed by atoms with Crippen molar-refractivity contribution in [2.24, 2.45) is 0 Å². The Bertz CT molecular complexity index is 1150. The molecule has 146 valence electrons. The van der Waals surface area contributed by atoms with Crippen molar-refractivity contribution in [3.8, 4) is 11.1 Å². The zero-order valence-corrected chi connectivity index (χ0v) is 16.7. The van der Waals surface area contributed by atoms with E-state index >= 15 is 0 Å². The number of imidazole rings is 1. The summed E-state index contributed by atoms with van der Waals surface area (Å²) in [4.78, 5) is 13.4. The van der Waals surface area contributed by atoms with Crippen LogP contribution >= 0.6 is 0 Å². The van der Waals surface area contributed by atoms with Crippen molar-refractivity contribution in [2.45, 2.75) is 46.3 Å². The Labute approximate surface area is 162 Å². The van der Waals surface area contributed by atoms with Gasteiger partial charge < -0.3 is 9.88 Å². The lowest BCUT2D eigenvalue weighted by atomic mass is 10.1. The molecule has 0 aliphatic heterocycles. The van der Waals surface area contributed by atoms with Gasteiger partial charge in [-0.05, 0) is 46.8 Å². The lowest BCUT2D eigenvalue weighted by molar-refractivity contribution is 0.234. The number of anilines is 1. The number of aryl methyl sites for hydroxylation is 1. The zero-order valence-electron chi connectivity index (χ0n) is 16.7. The molecule has 0 radical (unpaired) electrons. The van der Waals surface area contributed by atoms with E-state index in [9.17, 15) is 4.39 Å². The van der Waals surface area contributed by atoms with Crippen molar-refractivity contribution in [1.29, 1.82) is 0 Å². The van der Waals surface area contributed by atoms with Gasteiger partial charge in [0.15, 0.2) is 5.65 Å². The number of hydrogen-bond donors (Lipinski definition) is 1. The van der Waals surface area contributed by atoms with E-state index in [1.807, 2.05) is 25.4 Å². The van der Waals surface area contributed by atoms with Crippen molar-refractivity contribution in [3.05, 3.63) is 36.5 Å². The number of nitrogens with zero attached hydrogens (tertiary/aromatic N) is 6. The van der Waals surface area contributed by atoms with Gasteiger partial charge in [-0.25, -0.2) is 23.9 Å². The van der Waals surface area contributed by atoms with Gasteiger partial charge >= 0.3 is 0 Å². The Morgan fingerprint density at radius 3 is 2.68 bits per heavy atom. The first-order valence-corrected chi connectivity index (χ1v) is 9.35. The first-order chi connectivity index (χ1) is 13.2. The summed E-state index contributed by atoms with van der Waals surface area (Å²) in [5, 5.41) is 7.36. The third kappa shape index (κ3) is 3.30. The third-order valence-electron chi connectivity index (χ3n) is 4.63. The molecule has 0 atom stereocenters. The normalized spacial score (nSPS) is 12.4. The minimum atomic E-state index is -1.33. The smallest absolute Gasteiger partial charge is 0.241 e. The summed E-state index contributed by atoms with van der Waals surface area (Å²) in [5.41, 5.74) is 3.24. The lowest BCUT2D eigenvalue weighted by Gasteiger charge is -2.14. The first-order valence-electron chi connectivity index (χ1n) is 9.35. The molecule has 0 unspecified atom stereocenters. The van der Waals surface area contributed by atoms with Crippen LogP contribution in [0.1, 0.15) is 39.6 Å². The van der Waals surface area contributed by atoms with Gasteiger partial charge in [0.2, 0.25) is 5.95 Å². The summed E-state index contributed by atoms with van der Waals surface area (Å²) < 4.78 is 17.6. The number of halogens is 1. The number of hydrogen-bond acceptors (Lipinski definition) is 5. The highest BCUT2D eigenvalue weighted by molar-refractivity contribution is 5.85. The van der Waals surface area contributed by atoms with Gasteiger partial charge in [-0.1, -0.05) is 0 Å². The summed E-state index contributed by atoms with van der Waals surface area (Å²) in [6.07, 6.45) is 5.44. The van der Waals surface area contributed by atoms with E-state index in [4.69, 9.17) is 0 Å². The maximum Gasteiger partial charge on any atom is 0.241 e. The van der Waals surface area contributed by atoms with Gasteiger partial charge in [-0.2, -0.15) is 0 Å². The van der Waals surface area contributed by atoms with Gasteiger partial charge in [0, 0.05) is 29.6 Å². The molecule has 0 spiro atoms. The van der Waals surface area contributed by atoms with Gasteiger partial charge in [0.1, 0.15) is 11.5 Å². The minimum absolute atomic E-state index is 0.145. The van der Waals surface area contributed by atoms with E-state index in [1.165, 1.54) is 13.8 Å². The summed E-state index contributed by atoms with van der Waals surface area (Å²) in [5.74, 6) is 1.34. The predicted molar refractivity (Wildman–Crippen MR) is 108 cm³/mol. The Balaban J connectivity index is 1.74. The van der Waals surface area contributed by atoms with Crippen molar-refractivity contribution in [1.82, 2.24) is 29.1 Å². The van der Waals surface area contributed by atoms with Crippen LogP contribution in [0.2, 0.25) is 0 Å². The number of pyridine rings is 1. The summed E-state index contributed by atoms with van der Waals surface area (Å²) in [7, 11) is 0. The van der Waals surface area contributed by atoms with Gasteiger partial charge in [0.25, 0.3) is 0 Å². The molecule has 0 amide bonds. The van der Waals surface area contributed by atoms with Crippen LogP contribution in [0, 0.1) is 6.92 Å². The van der Waals surface area contributed by atoms with E-state index in [1.54, 1.807) is 10.7 Å².